The Morgan fingerprint density at radius 3 is 2.35 bits per heavy atom. The maximum absolute atomic E-state index is 14.2. The summed E-state index contributed by atoms with van der Waals surface area (Å²) >= 11 is 0. The molecule has 108 valence electrons. The molecular formula is C16H22FN3. The van der Waals surface area contributed by atoms with E-state index in [1.165, 1.54) is 44.6 Å². The molecule has 0 radical (unpaired) electrons. The lowest BCUT2D eigenvalue weighted by molar-refractivity contribution is 0.226. The highest BCUT2D eigenvalue weighted by Crippen LogP contribution is 2.46. The molecule has 1 aromatic carbocycles. The average molecular weight is 275 g/mol. The van der Waals surface area contributed by atoms with Crippen LogP contribution in [0.1, 0.15) is 44.1 Å². The van der Waals surface area contributed by atoms with E-state index in [-0.39, 0.29) is 11.7 Å². The zero-order valence-corrected chi connectivity index (χ0v) is 11.8. The van der Waals surface area contributed by atoms with E-state index in [0.717, 1.165) is 13.1 Å². The van der Waals surface area contributed by atoms with Gasteiger partial charge in [0.25, 0.3) is 0 Å². The Bertz CT molecular complexity index is 510. The molecule has 1 saturated carbocycles. The molecular weight excluding hydrogens is 253 g/mol. The van der Waals surface area contributed by atoms with Gasteiger partial charge in [-0.3, -0.25) is 5.41 Å². The minimum Gasteiger partial charge on any atom is -0.384 e. The molecule has 3 N–H and O–H groups in total. The van der Waals surface area contributed by atoms with E-state index < -0.39 is 0 Å². The van der Waals surface area contributed by atoms with Crippen molar-refractivity contribution in [3.8, 4) is 0 Å². The molecule has 3 nitrogen and oxygen atoms in total. The summed E-state index contributed by atoms with van der Waals surface area (Å²) in [6, 6.07) is 4.87. The molecule has 1 saturated heterocycles. The van der Waals surface area contributed by atoms with Gasteiger partial charge in [0.15, 0.2) is 0 Å². The molecule has 3 rings (SSSR count). The fourth-order valence-corrected chi connectivity index (χ4v) is 3.78. The number of piperidine rings is 1. The van der Waals surface area contributed by atoms with Gasteiger partial charge in [0.2, 0.25) is 0 Å². The highest BCUT2D eigenvalue weighted by Gasteiger charge is 2.37. The first-order valence-corrected chi connectivity index (χ1v) is 7.49. The Morgan fingerprint density at radius 2 is 1.80 bits per heavy atom. The molecule has 1 spiro atoms. The van der Waals surface area contributed by atoms with Crippen molar-refractivity contribution in [3.05, 3.63) is 29.6 Å². The van der Waals surface area contributed by atoms with Crippen LogP contribution in [0.5, 0.6) is 0 Å². The van der Waals surface area contributed by atoms with Crippen LogP contribution in [0.3, 0.4) is 0 Å². The van der Waals surface area contributed by atoms with Crippen LogP contribution in [-0.4, -0.2) is 18.9 Å². The second kappa shape index (κ2) is 5.08. The third kappa shape index (κ3) is 2.39. The molecule has 1 aromatic rings. The topological polar surface area (TPSA) is 53.1 Å². The number of rotatable bonds is 2. The Balaban J connectivity index is 1.73. The first-order chi connectivity index (χ1) is 9.60. The second-order valence-electron chi connectivity index (χ2n) is 6.27. The molecule has 20 heavy (non-hydrogen) atoms. The van der Waals surface area contributed by atoms with Gasteiger partial charge in [-0.05, 0) is 49.3 Å². The van der Waals surface area contributed by atoms with Crippen molar-refractivity contribution >= 4 is 11.5 Å². The van der Waals surface area contributed by atoms with Gasteiger partial charge >= 0.3 is 0 Å². The zero-order valence-electron chi connectivity index (χ0n) is 11.8. The lowest BCUT2D eigenvalue weighted by Gasteiger charge is -2.40. The van der Waals surface area contributed by atoms with Crippen molar-refractivity contribution < 1.29 is 4.39 Å². The van der Waals surface area contributed by atoms with Gasteiger partial charge in [-0.15, -0.1) is 0 Å². The summed E-state index contributed by atoms with van der Waals surface area (Å²) in [5.41, 5.74) is 7.05. The predicted octanol–water partition coefficient (Wildman–Crippen LogP) is 3.27. The summed E-state index contributed by atoms with van der Waals surface area (Å²) in [5, 5.41) is 7.35. The number of halogens is 1. The van der Waals surface area contributed by atoms with Gasteiger partial charge in [0.05, 0.1) is 5.69 Å². The van der Waals surface area contributed by atoms with Crippen molar-refractivity contribution in [1.82, 2.24) is 0 Å². The molecule has 1 heterocycles. The standard InChI is InChI=1S/C16H22FN3/c17-13-11-12(15(18)19)3-4-14(13)20-9-7-16(8-10-20)5-1-2-6-16/h3-4,11H,1-2,5-10H2,(H3,18,19). The fourth-order valence-electron chi connectivity index (χ4n) is 3.78. The summed E-state index contributed by atoms with van der Waals surface area (Å²) in [6.07, 6.45) is 7.80. The van der Waals surface area contributed by atoms with Gasteiger partial charge in [-0.1, -0.05) is 12.8 Å². The minimum absolute atomic E-state index is 0.0843. The van der Waals surface area contributed by atoms with Gasteiger partial charge in [-0.2, -0.15) is 0 Å². The van der Waals surface area contributed by atoms with Gasteiger partial charge in [0, 0.05) is 18.7 Å². The van der Waals surface area contributed by atoms with E-state index >= 15 is 0 Å². The Labute approximate surface area is 119 Å². The van der Waals surface area contributed by atoms with E-state index in [0.29, 0.717) is 16.7 Å². The largest absolute Gasteiger partial charge is 0.384 e. The summed E-state index contributed by atoms with van der Waals surface area (Å²) in [7, 11) is 0. The minimum atomic E-state index is -0.264. The number of anilines is 1. The maximum atomic E-state index is 14.2. The first kappa shape index (κ1) is 13.4. The molecule has 0 unspecified atom stereocenters. The van der Waals surface area contributed by atoms with Crippen LogP contribution in [0.2, 0.25) is 0 Å². The zero-order chi connectivity index (χ0) is 14.2. The number of hydrogen-bond donors (Lipinski definition) is 2. The average Bonchev–Trinajstić information content (AvgIpc) is 2.88. The third-order valence-corrected chi connectivity index (χ3v) is 5.09. The number of nitrogens with zero attached hydrogens (tertiary/aromatic N) is 1. The fraction of sp³-hybridized carbons (Fsp3) is 0.562. The third-order valence-electron chi connectivity index (χ3n) is 5.09. The number of hydrogen-bond acceptors (Lipinski definition) is 2. The van der Waals surface area contributed by atoms with Crippen LogP contribution in [0, 0.1) is 16.6 Å². The van der Waals surface area contributed by atoms with Crippen LogP contribution >= 0.6 is 0 Å². The Kier molecular flexibility index (Phi) is 3.40. The van der Waals surface area contributed by atoms with Gasteiger partial charge in [0.1, 0.15) is 11.7 Å². The molecule has 2 fully saturated rings. The monoisotopic (exact) mass is 275 g/mol. The predicted molar refractivity (Wildman–Crippen MR) is 79.8 cm³/mol. The normalized spacial score (nSPS) is 21.4. The maximum Gasteiger partial charge on any atom is 0.147 e. The number of nitrogens with one attached hydrogen (secondary N) is 1. The molecule has 0 atom stereocenters. The lowest BCUT2D eigenvalue weighted by Crippen LogP contribution is -2.39. The van der Waals surface area contributed by atoms with Crippen LogP contribution in [0.4, 0.5) is 10.1 Å². The first-order valence-electron chi connectivity index (χ1n) is 7.49. The highest BCUT2D eigenvalue weighted by molar-refractivity contribution is 5.95. The van der Waals surface area contributed by atoms with Crippen LogP contribution < -0.4 is 10.6 Å². The summed E-state index contributed by atoms with van der Waals surface area (Å²) < 4.78 is 14.2. The van der Waals surface area contributed by atoms with E-state index in [1.807, 2.05) is 0 Å². The van der Waals surface area contributed by atoms with Crippen molar-refractivity contribution in [1.29, 1.82) is 5.41 Å². The molecule has 0 aromatic heterocycles. The summed E-state index contributed by atoms with van der Waals surface area (Å²) in [4.78, 5) is 2.14. The van der Waals surface area contributed by atoms with E-state index in [4.69, 9.17) is 11.1 Å². The molecule has 1 aliphatic carbocycles. The summed E-state index contributed by atoms with van der Waals surface area (Å²) in [5.74, 6) is -0.348. The molecule has 0 amide bonds. The van der Waals surface area contributed by atoms with Crippen LogP contribution in [0.25, 0.3) is 0 Å². The Morgan fingerprint density at radius 1 is 1.15 bits per heavy atom. The molecule has 0 bridgehead atoms. The number of nitrogen functional groups attached to an aromatic ring is 1. The SMILES string of the molecule is N=C(N)c1ccc(N2CCC3(CCCC3)CC2)c(F)c1. The van der Waals surface area contributed by atoms with Crippen molar-refractivity contribution in [2.75, 3.05) is 18.0 Å². The lowest BCUT2D eigenvalue weighted by atomic mass is 9.77. The quantitative estimate of drug-likeness (QED) is 0.643. The van der Waals surface area contributed by atoms with Crippen molar-refractivity contribution in [2.45, 2.75) is 38.5 Å². The number of benzene rings is 1. The molecule has 1 aliphatic heterocycles. The summed E-state index contributed by atoms with van der Waals surface area (Å²) in [6.45, 7) is 1.88. The van der Waals surface area contributed by atoms with E-state index in [9.17, 15) is 4.39 Å². The van der Waals surface area contributed by atoms with Gasteiger partial charge in [-0.25, -0.2) is 4.39 Å². The molecule has 2 aliphatic rings. The van der Waals surface area contributed by atoms with Crippen LogP contribution in [-0.2, 0) is 0 Å². The Hall–Kier alpha value is -1.58. The van der Waals surface area contributed by atoms with Crippen LogP contribution in [0.15, 0.2) is 18.2 Å². The molecule has 4 heteroatoms. The number of nitrogens with two attached hydrogens (primary N) is 1. The smallest absolute Gasteiger partial charge is 0.147 e. The van der Waals surface area contributed by atoms with E-state index in [1.54, 1.807) is 12.1 Å². The van der Waals surface area contributed by atoms with Crippen molar-refractivity contribution in [3.63, 3.8) is 0 Å². The van der Waals surface area contributed by atoms with Gasteiger partial charge < -0.3 is 10.6 Å². The second-order valence-corrected chi connectivity index (χ2v) is 6.27. The number of amidine groups is 1. The van der Waals surface area contributed by atoms with Crippen molar-refractivity contribution in [2.24, 2.45) is 11.1 Å². The van der Waals surface area contributed by atoms with E-state index in [2.05, 4.69) is 4.90 Å². The highest BCUT2D eigenvalue weighted by atomic mass is 19.1.